The van der Waals surface area contributed by atoms with Crippen molar-refractivity contribution in [2.24, 2.45) is 0 Å². The van der Waals surface area contributed by atoms with E-state index in [4.69, 9.17) is 0 Å². The van der Waals surface area contributed by atoms with Gasteiger partial charge in [0.25, 0.3) is 0 Å². The second-order valence-electron chi connectivity index (χ2n) is 10.4. The second kappa shape index (κ2) is 9.05. The SMILES string of the molecule is Brc1ccc(N(c2ccc(Br)cc2)c2cccc3c2-c2ccccc2C32c3ccccc3-c3ccccc32)cc1. The summed E-state index contributed by atoms with van der Waals surface area (Å²) in [7, 11) is 0. The summed E-state index contributed by atoms with van der Waals surface area (Å²) in [5.41, 5.74) is 13.7. The molecular formula is C37H23Br2N. The van der Waals surface area contributed by atoms with E-state index in [2.05, 4.69) is 176 Å². The summed E-state index contributed by atoms with van der Waals surface area (Å²) in [5, 5.41) is 0. The standard InChI is InChI=1S/C37H23Br2N/c38-24-16-20-26(21-17-24)40(27-22-18-25(39)19-23-27)35-15-7-14-34-36(35)30-10-3-6-13-33(30)37(34)31-11-4-1-8-28(31)29-9-2-5-12-32(29)37/h1-23H. The lowest BCUT2D eigenvalue weighted by Gasteiger charge is -2.31. The fourth-order valence-electron chi connectivity index (χ4n) is 6.92. The van der Waals surface area contributed by atoms with E-state index in [1.165, 1.54) is 50.2 Å². The van der Waals surface area contributed by atoms with Crippen molar-refractivity contribution >= 4 is 48.9 Å². The van der Waals surface area contributed by atoms with Gasteiger partial charge in [0.1, 0.15) is 0 Å². The predicted octanol–water partition coefficient (Wildman–Crippen LogP) is 11.0. The molecule has 3 heteroatoms. The smallest absolute Gasteiger partial charge is 0.0726 e. The maximum atomic E-state index is 3.63. The molecular weight excluding hydrogens is 618 g/mol. The van der Waals surface area contributed by atoms with Crippen LogP contribution in [0.25, 0.3) is 22.3 Å². The van der Waals surface area contributed by atoms with Crippen LogP contribution >= 0.6 is 31.9 Å². The van der Waals surface area contributed by atoms with E-state index in [1.54, 1.807) is 0 Å². The Morgan fingerprint density at radius 1 is 0.400 bits per heavy atom. The van der Waals surface area contributed by atoms with E-state index in [0.717, 1.165) is 20.3 Å². The Bertz CT molecular complexity index is 1830. The Balaban J connectivity index is 1.48. The largest absolute Gasteiger partial charge is 0.310 e. The third kappa shape index (κ3) is 3.25. The molecule has 1 spiro atoms. The van der Waals surface area contributed by atoms with E-state index in [1.807, 2.05) is 0 Å². The van der Waals surface area contributed by atoms with Gasteiger partial charge in [-0.1, -0.05) is 117 Å². The molecule has 0 unspecified atom stereocenters. The highest BCUT2D eigenvalue weighted by Crippen LogP contribution is 2.64. The first-order valence-electron chi connectivity index (χ1n) is 13.4. The minimum atomic E-state index is -0.361. The van der Waals surface area contributed by atoms with Gasteiger partial charge >= 0.3 is 0 Å². The number of hydrogen-bond donors (Lipinski definition) is 0. The summed E-state index contributed by atoms with van der Waals surface area (Å²) < 4.78 is 2.13. The van der Waals surface area contributed by atoms with Crippen molar-refractivity contribution in [1.82, 2.24) is 0 Å². The number of nitrogens with zero attached hydrogens (tertiary/aromatic N) is 1. The van der Waals surface area contributed by atoms with Crippen LogP contribution in [0.5, 0.6) is 0 Å². The van der Waals surface area contributed by atoms with E-state index in [0.29, 0.717) is 0 Å². The Kier molecular flexibility index (Phi) is 5.42. The molecule has 0 saturated carbocycles. The number of fused-ring (bicyclic) bond motifs is 10. The van der Waals surface area contributed by atoms with Gasteiger partial charge in [0.15, 0.2) is 0 Å². The predicted molar refractivity (Wildman–Crippen MR) is 173 cm³/mol. The maximum Gasteiger partial charge on any atom is 0.0726 e. The zero-order chi connectivity index (χ0) is 26.8. The van der Waals surface area contributed by atoms with Gasteiger partial charge in [0.2, 0.25) is 0 Å². The Labute approximate surface area is 251 Å². The monoisotopic (exact) mass is 639 g/mol. The van der Waals surface area contributed by atoms with Crippen molar-refractivity contribution in [2.75, 3.05) is 4.90 Å². The summed E-state index contributed by atoms with van der Waals surface area (Å²) in [6.07, 6.45) is 0. The van der Waals surface area contributed by atoms with Crippen molar-refractivity contribution in [3.63, 3.8) is 0 Å². The summed E-state index contributed by atoms with van der Waals surface area (Å²) in [5.74, 6) is 0. The van der Waals surface area contributed by atoms with Gasteiger partial charge in [-0.2, -0.15) is 0 Å². The van der Waals surface area contributed by atoms with Crippen molar-refractivity contribution in [2.45, 2.75) is 5.41 Å². The molecule has 0 N–H and O–H groups in total. The number of halogens is 2. The highest BCUT2D eigenvalue weighted by atomic mass is 79.9. The van der Waals surface area contributed by atoms with Gasteiger partial charge in [-0.25, -0.2) is 0 Å². The highest BCUT2D eigenvalue weighted by molar-refractivity contribution is 9.10. The van der Waals surface area contributed by atoms with E-state index >= 15 is 0 Å². The zero-order valence-electron chi connectivity index (χ0n) is 21.5. The molecule has 0 amide bonds. The molecule has 1 nitrogen and oxygen atoms in total. The van der Waals surface area contributed by atoms with E-state index < -0.39 is 0 Å². The Morgan fingerprint density at radius 3 is 1.35 bits per heavy atom. The molecule has 2 aliphatic rings. The van der Waals surface area contributed by atoms with Gasteiger partial charge in [-0.3, -0.25) is 0 Å². The molecule has 0 saturated heterocycles. The van der Waals surface area contributed by atoms with Gasteiger partial charge in [-0.05, 0) is 93.5 Å². The van der Waals surface area contributed by atoms with Crippen LogP contribution in [0, 0.1) is 0 Å². The van der Waals surface area contributed by atoms with Crippen LogP contribution in [0.15, 0.2) is 148 Å². The van der Waals surface area contributed by atoms with Crippen LogP contribution in [0.1, 0.15) is 22.3 Å². The van der Waals surface area contributed by atoms with Gasteiger partial charge in [0.05, 0.1) is 11.1 Å². The first-order chi connectivity index (χ1) is 19.7. The number of hydrogen-bond acceptors (Lipinski definition) is 1. The Morgan fingerprint density at radius 2 is 0.825 bits per heavy atom. The Hall–Kier alpha value is -3.92. The minimum absolute atomic E-state index is 0.361. The normalized spacial score (nSPS) is 13.4. The fraction of sp³-hybridized carbons (Fsp3) is 0.0270. The van der Waals surface area contributed by atoms with Gasteiger partial charge in [-0.15, -0.1) is 0 Å². The van der Waals surface area contributed by atoms with E-state index in [-0.39, 0.29) is 5.41 Å². The lowest BCUT2D eigenvalue weighted by Crippen LogP contribution is -2.26. The third-order valence-corrected chi connectivity index (χ3v) is 9.47. The second-order valence-corrected chi connectivity index (χ2v) is 12.2. The zero-order valence-corrected chi connectivity index (χ0v) is 24.7. The van der Waals surface area contributed by atoms with Crippen molar-refractivity contribution < 1.29 is 0 Å². The number of benzene rings is 6. The van der Waals surface area contributed by atoms with Crippen LogP contribution < -0.4 is 4.90 Å². The van der Waals surface area contributed by atoms with Crippen molar-refractivity contribution in [3.05, 3.63) is 171 Å². The average Bonchev–Trinajstić information content (AvgIpc) is 3.47. The molecule has 0 aromatic heterocycles. The fourth-order valence-corrected chi connectivity index (χ4v) is 7.45. The minimum Gasteiger partial charge on any atom is -0.310 e. The molecule has 8 rings (SSSR count). The molecule has 2 aliphatic carbocycles. The maximum absolute atomic E-state index is 3.63. The topological polar surface area (TPSA) is 3.24 Å². The van der Waals surface area contributed by atoms with Gasteiger partial charge in [0, 0.05) is 25.9 Å². The third-order valence-electron chi connectivity index (χ3n) is 8.41. The summed E-state index contributed by atoms with van der Waals surface area (Å²) >= 11 is 7.27. The molecule has 0 heterocycles. The molecule has 6 aromatic carbocycles. The average molecular weight is 641 g/mol. The van der Waals surface area contributed by atoms with Crippen molar-refractivity contribution in [1.29, 1.82) is 0 Å². The molecule has 0 radical (unpaired) electrons. The number of anilines is 3. The lowest BCUT2D eigenvalue weighted by atomic mass is 9.70. The number of rotatable bonds is 3. The summed E-state index contributed by atoms with van der Waals surface area (Å²) in [6.45, 7) is 0. The molecule has 0 fully saturated rings. The summed E-state index contributed by atoms with van der Waals surface area (Å²) in [4.78, 5) is 2.39. The molecule has 0 bridgehead atoms. The van der Waals surface area contributed by atoms with Crippen LogP contribution in [0.2, 0.25) is 0 Å². The molecule has 190 valence electrons. The van der Waals surface area contributed by atoms with Crippen LogP contribution in [0.3, 0.4) is 0 Å². The van der Waals surface area contributed by atoms with Crippen LogP contribution in [0.4, 0.5) is 17.1 Å². The first kappa shape index (κ1) is 23.9. The summed E-state index contributed by atoms with van der Waals surface area (Å²) in [6, 6.07) is 51.0. The molecule has 0 atom stereocenters. The lowest BCUT2D eigenvalue weighted by molar-refractivity contribution is 0.794. The molecule has 0 aliphatic heterocycles. The van der Waals surface area contributed by atoms with Gasteiger partial charge < -0.3 is 4.90 Å². The first-order valence-corrected chi connectivity index (χ1v) is 15.0. The molecule has 40 heavy (non-hydrogen) atoms. The van der Waals surface area contributed by atoms with E-state index in [9.17, 15) is 0 Å². The van der Waals surface area contributed by atoms with Crippen LogP contribution in [-0.2, 0) is 5.41 Å². The highest BCUT2D eigenvalue weighted by Gasteiger charge is 2.52. The van der Waals surface area contributed by atoms with Crippen LogP contribution in [-0.4, -0.2) is 0 Å². The molecule has 6 aromatic rings. The quantitative estimate of drug-likeness (QED) is 0.186. The van der Waals surface area contributed by atoms with Crippen molar-refractivity contribution in [3.8, 4) is 22.3 Å².